The molecular weight excluding hydrogens is 220 g/mol. The van der Waals surface area contributed by atoms with Gasteiger partial charge in [-0.3, -0.25) is 0 Å². The van der Waals surface area contributed by atoms with Crippen LogP contribution in [0.25, 0.3) is 0 Å². The Balaban J connectivity index is 2.30. The zero-order valence-electron chi connectivity index (χ0n) is 8.81. The largest absolute Gasteiger partial charge is 0.416 e. The van der Waals surface area contributed by atoms with Gasteiger partial charge in [0.25, 0.3) is 0 Å². The van der Waals surface area contributed by atoms with Crippen LogP contribution in [0.4, 0.5) is 17.6 Å². The second-order valence-corrected chi connectivity index (χ2v) is 4.40. The smallest absolute Gasteiger partial charge is 0.207 e. The van der Waals surface area contributed by atoms with Gasteiger partial charge < -0.3 is 0 Å². The summed E-state index contributed by atoms with van der Waals surface area (Å²) in [6, 6.07) is 2.84. The van der Waals surface area contributed by atoms with Gasteiger partial charge in [-0.15, -0.1) is 0 Å². The maximum Gasteiger partial charge on any atom is 0.416 e. The van der Waals surface area contributed by atoms with Gasteiger partial charge in [-0.2, -0.15) is 13.2 Å². The zero-order chi connectivity index (χ0) is 11.9. The van der Waals surface area contributed by atoms with E-state index in [1.165, 1.54) is 6.07 Å². The summed E-state index contributed by atoms with van der Waals surface area (Å²) in [5.41, 5.74) is -0.493. The molecule has 1 fully saturated rings. The molecule has 2 atom stereocenters. The third kappa shape index (κ3) is 1.93. The second kappa shape index (κ2) is 3.75. The summed E-state index contributed by atoms with van der Waals surface area (Å²) in [5, 5.41) is 0. The molecule has 0 saturated heterocycles. The first-order valence-electron chi connectivity index (χ1n) is 5.26. The minimum Gasteiger partial charge on any atom is -0.207 e. The van der Waals surface area contributed by atoms with Gasteiger partial charge in [0.05, 0.1) is 5.56 Å². The van der Waals surface area contributed by atoms with Crippen molar-refractivity contribution in [1.29, 1.82) is 0 Å². The molecule has 0 nitrogen and oxygen atoms in total. The maximum atomic E-state index is 13.5. The van der Waals surface area contributed by atoms with Gasteiger partial charge >= 0.3 is 6.18 Å². The van der Waals surface area contributed by atoms with Crippen molar-refractivity contribution in [3.8, 4) is 0 Å². The summed E-state index contributed by atoms with van der Waals surface area (Å²) >= 11 is 0. The van der Waals surface area contributed by atoms with E-state index in [0.717, 1.165) is 18.9 Å². The van der Waals surface area contributed by atoms with Gasteiger partial charge in [-0.25, -0.2) is 4.39 Å². The summed E-state index contributed by atoms with van der Waals surface area (Å²) in [6.45, 7) is 1.99. The van der Waals surface area contributed by atoms with Gasteiger partial charge in [0, 0.05) is 0 Å². The van der Waals surface area contributed by atoms with Crippen LogP contribution in [0.2, 0.25) is 0 Å². The third-order valence-electron chi connectivity index (χ3n) is 3.35. The van der Waals surface area contributed by atoms with Crippen molar-refractivity contribution in [1.82, 2.24) is 0 Å². The molecule has 1 aromatic carbocycles. The molecule has 16 heavy (non-hydrogen) atoms. The lowest BCUT2D eigenvalue weighted by Gasteiger charge is -2.34. The van der Waals surface area contributed by atoms with E-state index in [1.807, 2.05) is 6.92 Å². The molecule has 1 saturated carbocycles. The fourth-order valence-corrected chi connectivity index (χ4v) is 2.13. The van der Waals surface area contributed by atoms with Crippen LogP contribution in [-0.2, 0) is 6.18 Å². The number of rotatable bonds is 1. The lowest BCUT2D eigenvalue weighted by atomic mass is 9.71. The standard InChI is InChI=1S/C12H12F4/c1-7-2-4-9(7)10-5-3-8(6-11(10)13)12(14,15)16/h3,5-7,9H,2,4H2,1H3/t7-,9+/m1/s1. The number of benzene rings is 1. The monoisotopic (exact) mass is 232 g/mol. The lowest BCUT2D eigenvalue weighted by Crippen LogP contribution is -2.22. The Labute approximate surface area is 91.3 Å². The minimum atomic E-state index is -4.47. The van der Waals surface area contributed by atoms with E-state index in [0.29, 0.717) is 17.5 Å². The van der Waals surface area contributed by atoms with Crippen molar-refractivity contribution in [2.24, 2.45) is 5.92 Å². The SMILES string of the molecule is C[C@@H]1CC[C@@H]1c1ccc(C(F)(F)F)cc1F. The number of alkyl halides is 3. The molecule has 0 radical (unpaired) electrons. The van der Waals surface area contributed by atoms with Crippen LogP contribution in [0.1, 0.15) is 36.8 Å². The highest BCUT2D eigenvalue weighted by Crippen LogP contribution is 2.43. The summed E-state index contributed by atoms with van der Waals surface area (Å²) in [6.07, 6.45) is -2.58. The van der Waals surface area contributed by atoms with Gasteiger partial charge in [0.2, 0.25) is 0 Å². The summed E-state index contributed by atoms with van der Waals surface area (Å²) in [5.74, 6) is -0.278. The normalized spacial score (nSPS) is 25.3. The fraction of sp³-hybridized carbons (Fsp3) is 0.500. The molecule has 2 rings (SSSR count). The van der Waals surface area contributed by atoms with E-state index in [1.54, 1.807) is 0 Å². The van der Waals surface area contributed by atoms with Crippen LogP contribution in [0.3, 0.4) is 0 Å². The molecule has 4 heteroatoms. The van der Waals surface area contributed by atoms with Crippen molar-refractivity contribution in [2.75, 3.05) is 0 Å². The topological polar surface area (TPSA) is 0 Å². The van der Waals surface area contributed by atoms with E-state index in [9.17, 15) is 17.6 Å². The van der Waals surface area contributed by atoms with Crippen molar-refractivity contribution in [3.63, 3.8) is 0 Å². The quantitative estimate of drug-likeness (QED) is 0.631. The highest BCUT2D eigenvalue weighted by Gasteiger charge is 2.34. The first-order chi connectivity index (χ1) is 7.39. The lowest BCUT2D eigenvalue weighted by molar-refractivity contribution is -0.137. The van der Waals surface area contributed by atoms with Crippen LogP contribution in [0.5, 0.6) is 0 Å². The fourth-order valence-electron chi connectivity index (χ4n) is 2.13. The van der Waals surface area contributed by atoms with Gasteiger partial charge in [-0.05, 0) is 42.4 Å². The number of halogens is 4. The van der Waals surface area contributed by atoms with Crippen LogP contribution >= 0.6 is 0 Å². The molecule has 0 spiro atoms. The predicted octanol–water partition coefficient (Wildman–Crippen LogP) is 4.36. The molecule has 0 aliphatic heterocycles. The molecule has 1 aliphatic carbocycles. The molecule has 0 amide bonds. The Kier molecular flexibility index (Phi) is 2.68. The maximum absolute atomic E-state index is 13.5. The van der Waals surface area contributed by atoms with Crippen LogP contribution in [-0.4, -0.2) is 0 Å². The molecule has 1 aromatic rings. The van der Waals surface area contributed by atoms with E-state index in [-0.39, 0.29) is 5.92 Å². The Hall–Kier alpha value is -1.06. The number of hydrogen-bond donors (Lipinski definition) is 0. The van der Waals surface area contributed by atoms with E-state index < -0.39 is 17.6 Å². The molecule has 0 bridgehead atoms. The highest BCUT2D eigenvalue weighted by molar-refractivity contribution is 5.30. The molecule has 0 unspecified atom stereocenters. The zero-order valence-corrected chi connectivity index (χ0v) is 8.81. The van der Waals surface area contributed by atoms with Crippen molar-refractivity contribution in [2.45, 2.75) is 31.9 Å². The van der Waals surface area contributed by atoms with Crippen LogP contribution in [0, 0.1) is 11.7 Å². The van der Waals surface area contributed by atoms with Gasteiger partial charge in [0.15, 0.2) is 0 Å². The first-order valence-corrected chi connectivity index (χ1v) is 5.26. The molecule has 0 heterocycles. The molecule has 0 aromatic heterocycles. The Morgan fingerprint density at radius 3 is 2.25 bits per heavy atom. The Bertz CT molecular complexity index is 394. The molecule has 0 N–H and O–H groups in total. The molecule has 88 valence electrons. The average molecular weight is 232 g/mol. The van der Waals surface area contributed by atoms with Gasteiger partial charge in [0.1, 0.15) is 5.82 Å². The summed E-state index contributed by atoms with van der Waals surface area (Å²) in [7, 11) is 0. The minimum absolute atomic E-state index is 0.0854. The molecule has 1 aliphatic rings. The molecular formula is C12H12F4. The average Bonchev–Trinajstić information content (AvgIpc) is 2.17. The predicted molar refractivity (Wildman–Crippen MR) is 52.5 cm³/mol. The van der Waals surface area contributed by atoms with Crippen molar-refractivity contribution >= 4 is 0 Å². The van der Waals surface area contributed by atoms with Gasteiger partial charge in [-0.1, -0.05) is 13.0 Å². The summed E-state index contributed by atoms with van der Waals surface area (Å²) < 4.78 is 50.4. The summed E-state index contributed by atoms with van der Waals surface area (Å²) in [4.78, 5) is 0. The Morgan fingerprint density at radius 1 is 1.19 bits per heavy atom. The first kappa shape index (κ1) is 11.4. The highest BCUT2D eigenvalue weighted by atomic mass is 19.4. The van der Waals surface area contributed by atoms with E-state index >= 15 is 0 Å². The second-order valence-electron chi connectivity index (χ2n) is 4.40. The van der Waals surface area contributed by atoms with Crippen LogP contribution in [0.15, 0.2) is 18.2 Å². The van der Waals surface area contributed by atoms with E-state index in [2.05, 4.69) is 0 Å². The van der Waals surface area contributed by atoms with Crippen molar-refractivity contribution < 1.29 is 17.6 Å². The van der Waals surface area contributed by atoms with E-state index in [4.69, 9.17) is 0 Å². The Morgan fingerprint density at radius 2 is 1.88 bits per heavy atom. The number of hydrogen-bond acceptors (Lipinski definition) is 0. The van der Waals surface area contributed by atoms with Crippen LogP contribution < -0.4 is 0 Å². The third-order valence-corrected chi connectivity index (χ3v) is 3.35. The van der Waals surface area contributed by atoms with Crippen molar-refractivity contribution in [3.05, 3.63) is 35.1 Å².